The molecule has 3 aliphatic rings. The minimum atomic E-state index is -0.167. The van der Waals surface area contributed by atoms with Gasteiger partial charge in [0.15, 0.2) is 0 Å². The van der Waals surface area contributed by atoms with Crippen LogP contribution in [0.3, 0.4) is 0 Å². The highest BCUT2D eigenvalue weighted by molar-refractivity contribution is 5.92. The van der Waals surface area contributed by atoms with Crippen LogP contribution in [-0.4, -0.2) is 30.1 Å². The molecule has 1 aromatic rings. The fourth-order valence-corrected chi connectivity index (χ4v) is 4.03. The Balaban J connectivity index is 1.24. The maximum Gasteiger partial charge on any atom is 0.319 e. The first-order valence-electron chi connectivity index (χ1n) is 9.37. The Labute approximate surface area is 148 Å². The average molecular weight is 342 g/mol. The highest BCUT2D eigenvalue weighted by Gasteiger charge is 2.34. The van der Waals surface area contributed by atoms with E-state index in [1.807, 2.05) is 24.3 Å². The van der Waals surface area contributed by atoms with Crippen molar-refractivity contribution in [3.8, 4) is 0 Å². The number of nitrogens with one attached hydrogen (secondary N) is 4. The number of rotatable bonds is 5. The maximum absolute atomic E-state index is 12.3. The number of piperidine rings is 1. The third-order valence-corrected chi connectivity index (χ3v) is 5.38. The number of amides is 3. The number of carbonyl (C=O) groups is 2. The van der Waals surface area contributed by atoms with Gasteiger partial charge in [-0.3, -0.25) is 4.79 Å². The van der Waals surface area contributed by atoms with E-state index < -0.39 is 0 Å². The van der Waals surface area contributed by atoms with E-state index in [1.165, 1.54) is 12.8 Å². The summed E-state index contributed by atoms with van der Waals surface area (Å²) in [7, 11) is 0. The van der Waals surface area contributed by atoms with Gasteiger partial charge in [0.1, 0.15) is 0 Å². The highest BCUT2D eigenvalue weighted by atomic mass is 16.2. The van der Waals surface area contributed by atoms with Crippen LogP contribution in [0.4, 0.5) is 16.2 Å². The summed E-state index contributed by atoms with van der Waals surface area (Å²) in [6, 6.07) is 8.68. The van der Waals surface area contributed by atoms with Crippen molar-refractivity contribution >= 4 is 23.3 Å². The number of hydrogen-bond acceptors (Lipinski definition) is 3. The van der Waals surface area contributed by atoms with Gasteiger partial charge in [-0.15, -0.1) is 0 Å². The van der Waals surface area contributed by atoms with Crippen molar-refractivity contribution in [1.82, 2.24) is 10.6 Å². The van der Waals surface area contributed by atoms with Crippen molar-refractivity contribution in [1.29, 1.82) is 0 Å². The number of anilines is 2. The Morgan fingerprint density at radius 1 is 0.920 bits per heavy atom. The molecule has 3 amide bonds. The number of hydrogen-bond donors (Lipinski definition) is 4. The fraction of sp³-hybridized carbons (Fsp3) is 0.579. The molecule has 2 bridgehead atoms. The molecule has 2 heterocycles. The Bertz CT molecular complexity index is 629. The molecular weight excluding hydrogens is 316 g/mol. The van der Waals surface area contributed by atoms with Crippen molar-refractivity contribution in [2.45, 2.75) is 63.1 Å². The van der Waals surface area contributed by atoms with Gasteiger partial charge in [-0.05, 0) is 68.7 Å². The Morgan fingerprint density at radius 2 is 1.52 bits per heavy atom. The van der Waals surface area contributed by atoms with Gasteiger partial charge in [-0.1, -0.05) is 0 Å². The van der Waals surface area contributed by atoms with Crippen LogP contribution >= 0.6 is 0 Å². The number of benzene rings is 1. The lowest BCUT2D eigenvalue weighted by molar-refractivity contribution is -0.117. The first kappa shape index (κ1) is 16.4. The summed E-state index contributed by atoms with van der Waals surface area (Å²) < 4.78 is 0. The monoisotopic (exact) mass is 342 g/mol. The molecule has 1 saturated carbocycles. The van der Waals surface area contributed by atoms with Gasteiger partial charge in [-0.25, -0.2) is 4.79 Å². The van der Waals surface area contributed by atoms with Gasteiger partial charge in [0.05, 0.1) is 0 Å². The molecule has 2 saturated heterocycles. The second-order valence-electron chi connectivity index (χ2n) is 7.68. The molecule has 1 aliphatic carbocycles. The van der Waals surface area contributed by atoms with E-state index in [0.717, 1.165) is 37.1 Å². The summed E-state index contributed by atoms with van der Waals surface area (Å²) in [5, 5.41) is 12.3. The van der Waals surface area contributed by atoms with Crippen molar-refractivity contribution in [2.24, 2.45) is 5.92 Å². The van der Waals surface area contributed by atoms with E-state index in [2.05, 4.69) is 21.3 Å². The lowest BCUT2D eigenvalue weighted by atomic mass is 9.89. The smallest absolute Gasteiger partial charge is 0.319 e. The molecule has 6 nitrogen and oxygen atoms in total. The number of fused-ring (bicyclic) bond motifs is 2. The van der Waals surface area contributed by atoms with E-state index >= 15 is 0 Å². The molecule has 2 atom stereocenters. The van der Waals surface area contributed by atoms with Crippen LogP contribution in [0.2, 0.25) is 0 Å². The van der Waals surface area contributed by atoms with Crippen LogP contribution in [0.25, 0.3) is 0 Å². The van der Waals surface area contributed by atoms with Gasteiger partial charge in [0.2, 0.25) is 5.91 Å². The van der Waals surface area contributed by atoms with E-state index in [9.17, 15) is 9.59 Å². The third-order valence-electron chi connectivity index (χ3n) is 5.38. The molecular formula is C19H26N4O2. The van der Waals surface area contributed by atoms with Gasteiger partial charge in [0, 0.05) is 35.9 Å². The first-order valence-corrected chi connectivity index (χ1v) is 9.37. The standard InChI is InChI=1S/C19H26N4O2/c24-18(11-12-9-16-7-8-17(10-12)20-16)21-13-1-3-14(4-2-13)22-19(25)23-15-5-6-15/h1-4,12,15-17,20H,5-11H2,(H,21,24)(H2,22,23,25). The molecule has 0 spiro atoms. The van der Waals surface area contributed by atoms with Crippen LogP contribution in [-0.2, 0) is 4.79 Å². The third kappa shape index (κ3) is 4.51. The second-order valence-corrected chi connectivity index (χ2v) is 7.68. The predicted molar refractivity (Wildman–Crippen MR) is 97.5 cm³/mol. The van der Waals surface area contributed by atoms with Gasteiger partial charge < -0.3 is 21.3 Å². The molecule has 2 unspecified atom stereocenters. The maximum atomic E-state index is 12.3. The Kier molecular flexibility index (Phi) is 4.61. The lowest BCUT2D eigenvalue weighted by Gasteiger charge is -2.28. The zero-order valence-corrected chi connectivity index (χ0v) is 14.4. The lowest BCUT2D eigenvalue weighted by Crippen LogP contribution is -2.39. The van der Waals surface area contributed by atoms with Crippen LogP contribution in [0.5, 0.6) is 0 Å². The Hall–Kier alpha value is -2.08. The molecule has 0 radical (unpaired) electrons. The van der Waals surface area contributed by atoms with Gasteiger partial charge in [0.25, 0.3) is 0 Å². The summed E-state index contributed by atoms with van der Waals surface area (Å²) in [6.07, 6.45) is 7.47. The van der Waals surface area contributed by atoms with Gasteiger partial charge >= 0.3 is 6.03 Å². The SMILES string of the molecule is O=C(CC1CC2CCC(C1)N2)Nc1ccc(NC(=O)NC2CC2)cc1. The van der Waals surface area contributed by atoms with Crippen molar-refractivity contribution in [2.75, 3.05) is 10.6 Å². The zero-order chi connectivity index (χ0) is 17.2. The molecule has 0 aromatic heterocycles. The van der Waals surface area contributed by atoms with Crippen LogP contribution in [0, 0.1) is 5.92 Å². The molecule has 4 rings (SSSR count). The second kappa shape index (κ2) is 7.04. The predicted octanol–water partition coefficient (Wildman–Crippen LogP) is 2.83. The quantitative estimate of drug-likeness (QED) is 0.664. The van der Waals surface area contributed by atoms with Crippen molar-refractivity contribution < 1.29 is 9.59 Å². The molecule has 25 heavy (non-hydrogen) atoms. The molecule has 3 fully saturated rings. The molecule has 134 valence electrons. The van der Waals surface area contributed by atoms with E-state index in [1.54, 1.807) is 0 Å². The number of urea groups is 1. The van der Waals surface area contributed by atoms with E-state index in [0.29, 0.717) is 30.5 Å². The van der Waals surface area contributed by atoms with E-state index in [-0.39, 0.29) is 11.9 Å². The molecule has 2 aliphatic heterocycles. The van der Waals surface area contributed by atoms with Gasteiger partial charge in [-0.2, -0.15) is 0 Å². The largest absolute Gasteiger partial charge is 0.335 e. The number of carbonyl (C=O) groups excluding carboxylic acids is 2. The summed E-state index contributed by atoms with van der Waals surface area (Å²) in [4.78, 5) is 24.0. The summed E-state index contributed by atoms with van der Waals surface area (Å²) in [5.74, 6) is 0.573. The van der Waals surface area contributed by atoms with Crippen LogP contribution < -0.4 is 21.3 Å². The van der Waals surface area contributed by atoms with Crippen molar-refractivity contribution in [3.63, 3.8) is 0 Å². The Morgan fingerprint density at radius 3 is 2.12 bits per heavy atom. The van der Waals surface area contributed by atoms with Crippen molar-refractivity contribution in [3.05, 3.63) is 24.3 Å². The summed E-state index contributed by atoms with van der Waals surface area (Å²) in [5.41, 5.74) is 1.50. The minimum Gasteiger partial charge on any atom is -0.335 e. The molecule has 6 heteroatoms. The highest BCUT2D eigenvalue weighted by Crippen LogP contribution is 2.32. The van der Waals surface area contributed by atoms with Crippen LogP contribution in [0.15, 0.2) is 24.3 Å². The first-order chi connectivity index (χ1) is 12.1. The fourth-order valence-electron chi connectivity index (χ4n) is 4.03. The zero-order valence-electron chi connectivity index (χ0n) is 14.4. The topological polar surface area (TPSA) is 82.3 Å². The molecule has 4 N–H and O–H groups in total. The van der Waals surface area contributed by atoms with E-state index in [4.69, 9.17) is 0 Å². The van der Waals surface area contributed by atoms with Crippen LogP contribution in [0.1, 0.15) is 44.9 Å². The average Bonchev–Trinajstić information content (AvgIpc) is 3.32. The summed E-state index contributed by atoms with van der Waals surface area (Å²) >= 11 is 0. The minimum absolute atomic E-state index is 0.0819. The molecule has 1 aromatic carbocycles. The normalized spacial score (nSPS) is 27.6. The summed E-state index contributed by atoms with van der Waals surface area (Å²) in [6.45, 7) is 0.